The molecule has 0 atom stereocenters. The van der Waals surface area contributed by atoms with Crippen LogP contribution >= 0.6 is 0 Å². The van der Waals surface area contributed by atoms with E-state index in [0.717, 1.165) is 6.54 Å². The van der Waals surface area contributed by atoms with E-state index in [0.29, 0.717) is 0 Å². The zero-order valence-corrected chi connectivity index (χ0v) is 13.6. The highest BCUT2D eigenvalue weighted by Gasteiger charge is 2.12. The molecule has 3 aromatic rings. The van der Waals surface area contributed by atoms with Gasteiger partial charge in [0.2, 0.25) is 0 Å². The number of fused-ring (bicyclic) bond motifs is 1. The van der Waals surface area contributed by atoms with Crippen LogP contribution in [0.1, 0.15) is 31.9 Å². The summed E-state index contributed by atoms with van der Waals surface area (Å²) in [5.74, 6) is 0. The molecule has 22 heavy (non-hydrogen) atoms. The minimum Gasteiger partial charge on any atom is -0.381 e. The van der Waals surface area contributed by atoms with Gasteiger partial charge in [-0.15, -0.1) is 0 Å². The van der Waals surface area contributed by atoms with E-state index in [1.165, 1.54) is 27.6 Å². The van der Waals surface area contributed by atoms with E-state index in [9.17, 15) is 0 Å². The van der Waals surface area contributed by atoms with Crippen LogP contribution in [0.4, 0.5) is 5.69 Å². The highest BCUT2D eigenvalue weighted by molar-refractivity contribution is 5.85. The topological polar surface area (TPSA) is 12.0 Å². The van der Waals surface area contributed by atoms with Gasteiger partial charge < -0.3 is 5.32 Å². The zero-order chi connectivity index (χ0) is 15.6. The van der Waals surface area contributed by atoms with Crippen LogP contribution in [0.15, 0.2) is 66.7 Å². The van der Waals surface area contributed by atoms with Gasteiger partial charge in [-0.1, -0.05) is 75.4 Å². The zero-order valence-electron chi connectivity index (χ0n) is 13.6. The van der Waals surface area contributed by atoms with Gasteiger partial charge in [-0.3, -0.25) is 0 Å². The van der Waals surface area contributed by atoms with Crippen LogP contribution in [0.25, 0.3) is 10.8 Å². The minimum absolute atomic E-state index is 0.203. The van der Waals surface area contributed by atoms with E-state index in [1.807, 2.05) is 0 Å². The fraction of sp³-hybridized carbons (Fsp3) is 0.238. The maximum Gasteiger partial charge on any atom is 0.0406 e. The van der Waals surface area contributed by atoms with E-state index in [-0.39, 0.29) is 5.41 Å². The summed E-state index contributed by atoms with van der Waals surface area (Å²) in [7, 11) is 0. The third-order valence-electron chi connectivity index (χ3n) is 4.11. The average molecular weight is 289 g/mol. The van der Waals surface area contributed by atoms with Crippen LogP contribution in [0.5, 0.6) is 0 Å². The molecule has 1 nitrogen and oxygen atoms in total. The van der Waals surface area contributed by atoms with Crippen molar-refractivity contribution in [2.24, 2.45) is 0 Å². The van der Waals surface area contributed by atoms with Crippen molar-refractivity contribution in [3.05, 3.63) is 77.9 Å². The van der Waals surface area contributed by atoms with Crippen molar-refractivity contribution in [3.8, 4) is 0 Å². The summed E-state index contributed by atoms with van der Waals surface area (Å²) < 4.78 is 0. The molecule has 112 valence electrons. The number of anilines is 1. The van der Waals surface area contributed by atoms with Gasteiger partial charge in [0.25, 0.3) is 0 Å². The van der Waals surface area contributed by atoms with E-state index in [1.54, 1.807) is 0 Å². The van der Waals surface area contributed by atoms with Crippen molar-refractivity contribution in [2.75, 3.05) is 5.32 Å². The van der Waals surface area contributed by atoms with Crippen molar-refractivity contribution >= 4 is 16.5 Å². The Morgan fingerprint density at radius 1 is 0.773 bits per heavy atom. The molecule has 0 saturated carbocycles. The third kappa shape index (κ3) is 3.14. The second-order valence-corrected chi connectivity index (χ2v) is 6.82. The summed E-state index contributed by atoms with van der Waals surface area (Å²) in [6, 6.07) is 23.8. The van der Waals surface area contributed by atoms with E-state index in [2.05, 4.69) is 92.8 Å². The van der Waals surface area contributed by atoms with E-state index >= 15 is 0 Å². The van der Waals surface area contributed by atoms with Crippen LogP contribution in [0.2, 0.25) is 0 Å². The molecule has 0 heterocycles. The molecule has 0 radical (unpaired) electrons. The Morgan fingerprint density at radius 3 is 2.18 bits per heavy atom. The Hall–Kier alpha value is -2.28. The van der Waals surface area contributed by atoms with Crippen molar-refractivity contribution in [1.82, 2.24) is 0 Å². The number of benzene rings is 3. The molecule has 3 aromatic carbocycles. The quantitative estimate of drug-likeness (QED) is 0.647. The van der Waals surface area contributed by atoms with Gasteiger partial charge in [0.15, 0.2) is 0 Å². The summed E-state index contributed by atoms with van der Waals surface area (Å²) in [6.07, 6.45) is 0. The lowest BCUT2D eigenvalue weighted by Gasteiger charge is -2.19. The molecular weight excluding hydrogens is 266 g/mol. The molecule has 0 spiro atoms. The maximum atomic E-state index is 3.53. The first-order valence-corrected chi connectivity index (χ1v) is 7.85. The first-order valence-electron chi connectivity index (χ1n) is 7.85. The fourth-order valence-electron chi connectivity index (χ4n) is 2.73. The Balaban J connectivity index is 1.77. The van der Waals surface area contributed by atoms with Crippen molar-refractivity contribution in [1.29, 1.82) is 0 Å². The normalized spacial score (nSPS) is 11.6. The maximum absolute atomic E-state index is 3.53. The second-order valence-electron chi connectivity index (χ2n) is 6.82. The Labute approximate surface area is 133 Å². The first-order chi connectivity index (χ1) is 10.5. The molecule has 0 aliphatic heterocycles. The number of hydrogen-bond donors (Lipinski definition) is 1. The van der Waals surface area contributed by atoms with Gasteiger partial charge >= 0.3 is 0 Å². The SMILES string of the molecule is CC(C)(C)c1ccc(NCc2cccc3ccccc23)cc1. The molecule has 0 amide bonds. The first kappa shape index (κ1) is 14.6. The van der Waals surface area contributed by atoms with E-state index < -0.39 is 0 Å². The largest absolute Gasteiger partial charge is 0.381 e. The van der Waals surface area contributed by atoms with Crippen LogP contribution in [-0.2, 0) is 12.0 Å². The molecule has 1 heteroatoms. The predicted octanol–water partition coefficient (Wildman–Crippen LogP) is 5.75. The summed E-state index contributed by atoms with van der Waals surface area (Å²) in [6.45, 7) is 7.57. The van der Waals surface area contributed by atoms with Gasteiger partial charge in [-0.2, -0.15) is 0 Å². The lowest BCUT2D eigenvalue weighted by Crippen LogP contribution is -2.10. The highest BCUT2D eigenvalue weighted by Crippen LogP contribution is 2.24. The third-order valence-corrected chi connectivity index (χ3v) is 4.11. The summed E-state index contributed by atoms with van der Waals surface area (Å²) in [5, 5.41) is 6.15. The Bertz CT molecular complexity index is 759. The van der Waals surface area contributed by atoms with Crippen molar-refractivity contribution in [3.63, 3.8) is 0 Å². The molecule has 0 aliphatic carbocycles. The monoisotopic (exact) mass is 289 g/mol. The molecular formula is C21H23N. The molecule has 0 saturated heterocycles. The molecule has 1 N–H and O–H groups in total. The Morgan fingerprint density at radius 2 is 1.45 bits per heavy atom. The Kier molecular flexibility index (Phi) is 3.89. The van der Waals surface area contributed by atoms with Gasteiger partial charge in [0, 0.05) is 12.2 Å². The highest BCUT2D eigenvalue weighted by atomic mass is 14.9. The molecule has 0 fully saturated rings. The molecule has 0 bridgehead atoms. The van der Waals surface area contributed by atoms with Crippen molar-refractivity contribution in [2.45, 2.75) is 32.7 Å². The molecule has 0 unspecified atom stereocenters. The van der Waals surface area contributed by atoms with Gasteiger partial charge in [0.1, 0.15) is 0 Å². The van der Waals surface area contributed by atoms with Gasteiger partial charge in [-0.05, 0) is 39.4 Å². The molecule has 3 rings (SSSR count). The van der Waals surface area contributed by atoms with Gasteiger partial charge in [-0.25, -0.2) is 0 Å². The smallest absolute Gasteiger partial charge is 0.0406 e. The van der Waals surface area contributed by atoms with Crippen molar-refractivity contribution < 1.29 is 0 Å². The van der Waals surface area contributed by atoms with Crippen LogP contribution in [0.3, 0.4) is 0 Å². The van der Waals surface area contributed by atoms with Crippen LogP contribution < -0.4 is 5.32 Å². The number of rotatable bonds is 3. The van der Waals surface area contributed by atoms with Crippen LogP contribution in [-0.4, -0.2) is 0 Å². The lowest BCUT2D eigenvalue weighted by molar-refractivity contribution is 0.590. The van der Waals surface area contributed by atoms with Gasteiger partial charge in [0.05, 0.1) is 0 Å². The fourth-order valence-corrected chi connectivity index (χ4v) is 2.73. The summed E-state index contributed by atoms with van der Waals surface area (Å²) in [4.78, 5) is 0. The number of hydrogen-bond acceptors (Lipinski definition) is 1. The lowest BCUT2D eigenvalue weighted by atomic mass is 9.87. The molecule has 0 aliphatic rings. The summed E-state index contributed by atoms with van der Waals surface area (Å²) >= 11 is 0. The standard InChI is InChI=1S/C21H23N/c1-21(2,3)18-11-13-19(14-12-18)22-15-17-9-6-8-16-7-4-5-10-20(16)17/h4-14,22H,15H2,1-3H3. The second kappa shape index (κ2) is 5.84. The van der Waals surface area contributed by atoms with E-state index in [4.69, 9.17) is 0 Å². The molecule has 0 aromatic heterocycles. The minimum atomic E-state index is 0.203. The van der Waals surface area contributed by atoms with Crippen LogP contribution in [0, 0.1) is 0 Å². The number of nitrogens with one attached hydrogen (secondary N) is 1. The predicted molar refractivity (Wildman–Crippen MR) is 96.4 cm³/mol. The summed E-state index contributed by atoms with van der Waals surface area (Å²) in [5.41, 5.74) is 4.07. The average Bonchev–Trinajstić information content (AvgIpc) is 2.52.